The number of nitrogens with zero attached hydrogens (tertiary/aromatic N) is 3. The normalized spacial score (nSPS) is 15.9. The van der Waals surface area contributed by atoms with E-state index in [-0.39, 0.29) is 18.5 Å². The lowest BCUT2D eigenvalue weighted by molar-refractivity contribution is -0.685. The first-order valence-corrected chi connectivity index (χ1v) is 9.68. The van der Waals surface area contributed by atoms with E-state index in [9.17, 15) is 4.79 Å². The first-order chi connectivity index (χ1) is 14.1. The van der Waals surface area contributed by atoms with Crippen molar-refractivity contribution >= 4 is 11.6 Å². The molecule has 5 heteroatoms. The zero-order valence-electron chi connectivity index (χ0n) is 16.7. The van der Waals surface area contributed by atoms with Gasteiger partial charge in [0.15, 0.2) is 12.4 Å². The van der Waals surface area contributed by atoms with Gasteiger partial charge in [-0.2, -0.15) is 9.67 Å². The summed E-state index contributed by atoms with van der Waals surface area (Å²) in [4.78, 5) is 13.2. The monoisotopic (exact) mass is 386 g/mol. The van der Waals surface area contributed by atoms with Crippen molar-refractivity contribution in [2.45, 2.75) is 25.9 Å². The van der Waals surface area contributed by atoms with Crippen molar-refractivity contribution in [3.63, 3.8) is 0 Å². The molecule has 4 rings (SSSR count). The molecule has 0 unspecified atom stereocenters. The van der Waals surface area contributed by atoms with Crippen molar-refractivity contribution in [1.82, 2.24) is 5.01 Å². The van der Waals surface area contributed by atoms with Crippen LogP contribution in [0.1, 0.15) is 29.2 Å². The lowest BCUT2D eigenvalue weighted by Crippen LogP contribution is -2.42. The summed E-state index contributed by atoms with van der Waals surface area (Å²) >= 11 is 0. The highest BCUT2D eigenvalue weighted by Gasteiger charge is 2.34. The van der Waals surface area contributed by atoms with Crippen LogP contribution in [-0.4, -0.2) is 23.7 Å². The highest BCUT2D eigenvalue weighted by Crippen LogP contribution is 2.33. The summed E-state index contributed by atoms with van der Waals surface area (Å²) in [6.07, 6.45) is 4.53. The molecular formula is C24H24N3O2+. The van der Waals surface area contributed by atoms with E-state index >= 15 is 0 Å². The Morgan fingerprint density at radius 2 is 1.76 bits per heavy atom. The molecule has 5 nitrogen and oxygen atoms in total. The number of benzene rings is 2. The van der Waals surface area contributed by atoms with Crippen LogP contribution in [0.15, 0.2) is 84.2 Å². The Morgan fingerprint density at radius 3 is 2.41 bits per heavy atom. The molecular weight excluding hydrogens is 362 g/mol. The quantitative estimate of drug-likeness (QED) is 0.628. The van der Waals surface area contributed by atoms with E-state index in [2.05, 4.69) is 0 Å². The fourth-order valence-electron chi connectivity index (χ4n) is 3.50. The number of amides is 1. The molecule has 0 saturated carbocycles. The molecule has 146 valence electrons. The second-order valence-electron chi connectivity index (χ2n) is 7.19. The molecule has 0 radical (unpaired) electrons. The van der Waals surface area contributed by atoms with E-state index in [1.54, 1.807) is 12.1 Å². The van der Waals surface area contributed by atoms with Gasteiger partial charge in [0.1, 0.15) is 5.75 Å². The van der Waals surface area contributed by atoms with E-state index in [1.165, 1.54) is 0 Å². The fourth-order valence-corrected chi connectivity index (χ4v) is 3.50. The average Bonchev–Trinajstić information content (AvgIpc) is 3.22. The number of carbonyl (C=O) groups is 1. The molecule has 0 fully saturated rings. The molecule has 2 heterocycles. The maximum absolute atomic E-state index is 13.2. The number of carbonyl (C=O) groups excluding carboxylic acids is 1. The topological polar surface area (TPSA) is 45.8 Å². The van der Waals surface area contributed by atoms with Crippen LogP contribution in [0, 0.1) is 6.92 Å². The second kappa shape index (κ2) is 8.27. The summed E-state index contributed by atoms with van der Waals surface area (Å²) in [5.41, 5.74) is 4.18. The van der Waals surface area contributed by atoms with Crippen molar-refractivity contribution in [1.29, 1.82) is 0 Å². The summed E-state index contributed by atoms with van der Waals surface area (Å²) < 4.78 is 7.16. The predicted octanol–water partition coefficient (Wildman–Crippen LogP) is 3.67. The minimum atomic E-state index is -0.130. The number of methoxy groups -OCH3 is 1. The lowest BCUT2D eigenvalue weighted by atomic mass is 9.98. The Bertz CT molecular complexity index is 1010. The van der Waals surface area contributed by atoms with E-state index < -0.39 is 0 Å². The first-order valence-electron chi connectivity index (χ1n) is 9.68. The van der Waals surface area contributed by atoms with Crippen LogP contribution in [0.2, 0.25) is 0 Å². The summed E-state index contributed by atoms with van der Waals surface area (Å²) in [5.74, 6) is 0.759. The molecule has 0 aliphatic carbocycles. The van der Waals surface area contributed by atoms with Crippen molar-refractivity contribution in [3.05, 3.63) is 95.8 Å². The molecule has 0 N–H and O–H groups in total. The Kier molecular flexibility index (Phi) is 5.38. The number of rotatable bonds is 5. The summed E-state index contributed by atoms with van der Waals surface area (Å²) in [5, 5.41) is 6.36. The van der Waals surface area contributed by atoms with Gasteiger partial charge >= 0.3 is 5.91 Å². The number of aromatic nitrogens is 1. The Hall–Kier alpha value is -3.47. The SMILES string of the molecule is COc1ccc([C@H]2CC(c3ccccc3)=NN2C(=O)C[n+]2ccc(C)cc2)cc1. The summed E-state index contributed by atoms with van der Waals surface area (Å²) in [7, 11) is 1.65. The fraction of sp³-hybridized carbons (Fsp3) is 0.208. The minimum absolute atomic E-state index is 0.0365. The standard InChI is InChI=1S/C24H24N3O2/c1-18-12-14-26(15-13-18)17-24(28)27-23(20-8-10-21(29-2)11-9-20)16-22(25-27)19-6-4-3-5-7-19/h3-15,23H,16-17H2,1-2H3/q+1/t23-/m1/s1. The molecule has 0 spiro atoms. The second-order valence-corrected chi connectivity index (χ2v) is 7.19. The maximum Gasteiger partial charge on any atom is 0.309 e. The van der Waals surface area contributed by atoms with Crippen molar-refractivity contribution in [2.24, 2.45) is 5.10 Å². The Morgan fingerprint density at radius 1 is 1.07 bits per heavy atom. The largest absolute Gasteiger partial charge is 0.497 e. The Labute approximate surface area is 170 Å². The third-order valence-electron chi connectivity index (χ3n) is 5.15. The molecule has 2 aromatic carbocycles. The van der Waals surface area contributed by atoms with Crippen LogP contribution in [0.25, 0.3) is 0 Å². The average molecular weight is 386 g/mol. The number of hydrogen-bond acceptors (Lipinski definition) is 3. The van der Waals surface area contributed by atoms with Crippen molar-refractivity contribution < 1.29 is 14.1 Å². The molecule has 1 amide bonds. The first kappa shape index (κ1) is 18.9. The van der Waals surface area contributed by atoms with Gasteiger partial charge in [0.05, 0.1) is 18.9 Å². The number of pyridine rings is 1. The molecule has 0 saturated heterocycles. The van der Waals surface area contributed by atoms with Crippen LogP contribution in [-0.2, 0) is 11.3 Å². The zero-order chi connectivity index (χ0) is 20.2. The molecule has 29 heavy (non-hydrogen) atoms. The number of hydrazone groups is 1. The van der Waals surface area contributed by atoms with Crippen LogP contribution in [0.5, 0.6) is 5.75 Å². The minimum Gasteiger partial charge on any atom is -0.497 e. The third-order valence-corrected chi connectivity index (χ3v) is 5.15. The van der Waals surface area contributed by atoms with Crippen LogP contribution >= 0.6 is 0 Å². The number of hydrogen-bond donors (Lipinski definition) is 0. The van der Waals surface area contributed by atoms with Gasteiger partial charge in [-0.1, -0.05) is 42.5 Å². The number of aryl methyl sites for hydroxylation is 1. The zero-order valence-corrected chi connectivity index (χ0v) is 16.7. The molecule has 1 aliphatic heterocycles. The molecule has 1 atom stereocenters. The Balaban J connectivity index is 1.63. The van der Waals surface area contributed by atoms with Crippen LogP contribution in [0.4, 0.5) is 0 Å². The van der Waals surface area contributed by atoms with Crippen molar-refractivity contribution in [2.75, 3.05) is 7.11 Å². The highest BCUT2D eigenvalue weighted by atomic mass is 16.5. The van der Waals surface area contributed by atoms with Gasteiger partial charge in [0.25, 0.3) is 0 Å². The van der Waals surface area contributed by atoms with Gasteiger partial charge in [-0.3, -0.25) is 4.79 Å². The lowest BCUT2D eigenvalue weighted by Gasteiger charge is -2.21. The van der Waals surface area contributed by atoms with Crippen molar-refractivity contribution in [3.8, 4) is 5.75 Å². The van der Waals surface area contributed by atoms with E-state index in [1.807, 2.05) is 90.6 Å². The highest BCUT2D eigenvalue weighted by molar-refractivity contribution is 6.03. The van der Waals surface area contributed by atoms with Gasteiger partial charge in [-0.05, 0) is 35.7 Å². The molecule has 3 aromatic rings. The van der Waals surface area contributed by atoms with E-state index in [0.29, 0.717) is 6.42 Å². The van der Waals surface area contributed by atoms with Gasteiger partial charge in [0, 0.05) is 18.6 Å². The molecule has 1 aliphatic rings. The molecule has 0 bridgehead atoms. The molecule has 1 aromatic heterocycles. The third kappa shape index (κ3) is 4.19. The summed E-state index contributed by atoms with van der Waals surface area (Å²) in [6.45, 7) is 2.28. The van der Waals surface area contributed by atoms with Crippen LogP contribution < -0.4 is 9.30 Å². The van der Waals surface area contributed by atoms with Gasteiger partial charge in [-0.15, -0.1) is 0 Å². The van der Waals surface area contributed by atoms with Gasteiger partial charge in [-0.25, -0.2) is 5.01 Å². The van der Waals surface area contributed by atoms with Gasteiger partial charge < -0.3 is 4.74 Å². The maximum atomic E-state index is 13.2. The van der Waals surface area contributed by atoms with Gasteiger partial charge in [0.2, 0.25) is 6.54 Å². The van der Waals surface area contributed by atoms with Crippen LogP contribution in [0.3, 0.4) is 0 Å². The number of ether oxygens (including phenoxy) is 1. The predicted molar refractivity (Wildman–Crippen MR) is 112 cm³/mol. The van der Waals surface area contributed by atoms with E-state index in [4.69, 9.17) is 9.84 Å². The smallest absolute Gasteiger partial charge is 0.309 e. The summed E-state index contributed by atoms with van der Waals surface area (Å²) in [6, 6.07) is 21.8. The van der Waals surface area contributed by atoms with E-state index in [0.717, 1.165) is 28.2 Å².